The summed E-state index contributed by atoms with van der Waals surface area (Å²) < 4.78 is 0. The fraction of sp³-hybridized carbons (Fsp3) is 0.667. The number of aliphatic carboxylic acids is 1. The lowest BCUT2D eigenvalue weighted by Gasteiger charge is -2.17. The lowest BCUT2D eigenvalue weighted by molar-refractivity contribution is -0.140. The van der Waals surface area contributed by atoms with Gasteiger partial charge in [0.05, 0.1) is 18.0 Å². The van der Waals surface area contributed by atoms with Gasteiger partial charge < -0.3 is 15.7 Å². The van der Waals surface area contributed by atoms with Gasteiger partial charge in [0.15, 0.2) is 0 Å². The summed E-state index contributed by atoms with van der Waals surface area (Å²) in [6.45, 7) is 3.54. The Bertz CT molecular complexity index is 361. The highest BCUT2D eigenvalue weighted by atomic mass is 32.2. The Hall–Kier alpha value is -1.17. The average Bonchev–Trinajstić information content (AvgIpc) is 2.84. The Kier molecular flexibility index (Phi) is 4.16. The lowest BCUT2D eigenvalue weighted by atomic mass is 9.98. The van der Waals surface area contributed by atoms with E-state index in [0.29, 0.717) is 11.7 Å². The number of rotatable bonds is 6. The zero-order valence-corrected chi connectivity index (χ0v) is 10.9. The van der Waals surface area contributed by atoms with E-state index in [2.05, 4.69) is 17.2 Å². The zero-order chi connectivity index (χ0) is 13.1. The predicted molar refractivity (Wildman–Crippen MR) is 70.7 cm³/mol. The first-order chi connectivity index (χ1) is 8.61. The van der Waals surface area contributed by atoms with Crippen LogP contribution in [-0.4, -0.2) is 40.2 Å². The molecular formula is C12H18N2O3S. The van der Waals surface area contributed by atoms with Crippen LogP contribution < -0.4 is 10.6 Å². The van der Waals surface area contributed by atoms with Crippen LogP contribution in [0.5, 0.6) is 0 Å². The first kappa shape index (κ1) is 13.3. The Morgan fingerprint density at radius 1 is 1.61 bits per heavy atom. The molecule has 4 atom stereocenters. The van der Waals surface area contributed by atoms with Crippen LogP contribution in [0.4, 0.5) is 4.79 Å². The van der Waals surface area contributed by atoms with Gasteiger partial charge in [0.1, 0.15) is 0 Å². The number of carboxylic acid groups (broad SMARTS) is 1. The number of urea groups is 1. The van der Waals surface area contributed by atoms with Crippen LogP contribution in [0.2, 0.25) is 0 Å². The van der Waals surface area contributed by atoms with Crippen LogP contribution in [0.1, 0.15) is 19.3 Å². The van der Waals surface area contributed by atoms with Gasteiger partial charge in [-0.1, -0.05) is 12.5 Å². The predicted octanol–water partition coefficient (Wildman–Crippen LogP) is 1.21. The quantitative estimate of drug-likeness (QED) is 0.501. The largest absolute Gasteiger partial charge is 0.481 e. The summed E-state index contributed by atoms with van der Waals surface area (Å²) in [5, 5.41) is 15.1. The number of amides is 2. The molecule has 0 bridgehead atoms. The third-order valence-corrected chi connectivity index (χ3v) is 5.05. The van der Waals surface area contributed by atoms with E-state index in [4.69, 9.17) is 5.11 Å². The van der Waals surface area contributed by atoms with Crippen molar-refractivity contribution >= 4 is 23.8 Å². The van der Waals surface area contributed by atoms with Gasteiger partial charge in [0.2, 0.25) is 0 Å². The van der Waals surface area contributed by atoms with E-state index in [1.54, 1.807) is 0 Å². The summed E-state index contributed by atoms with van der Waals surface area (Å²) in [6.07, 6.45) is 3.89. The number of carboxylic acids is 1. The molecule has 0 aromatic carbocycles. The Morgan fingerprint density at radius 2 is 2.39 bits per heavy atom. The topological polar surface area (TPSA) is 78.4 Å². The monoisotopic (exact) mass is 270 g/mol. The second-order valence-corrected chi connectivity index (χ2v) is 6.01. The molecule has 0 aromatic heterocycles. The summed E-state index contributed by atoms with van der Waals surface area (Å²) in [6, 6.07) is 0.362. The third-order valence-electron chi connectivity index (χ3n) is 3.54. The fourth-order valence-electron chi connectivity index (χ4n) is 2.52. The van der Waals surface area contributed by atoms with Gasteiger partial charge in [-0.25, -0.2) is 4.79 Å². The molecule has 2 saturated heterocycles. The zero-order valence-electron chi connectivity index (χ0n) is 10.1. The minimum atomic E-state index is -0.808. The number of hydrogen-bond donors (Lipinski definition) is 3. The van der Waals surface area contributed by atoms with Crippen LogP contribution in [0.25, 0.3) is 0 Å². The number of carbonyl (C=O) groups excluding carboxylic acids is 1. The van der Waals surface area contributed by atoms with Crippen molar-refractivity contribution in [1.29, 1.82) is 0 Å². The standard InChI is InChI=1S/C12H18N2O3S/c1-2-7(11(15)16)4-3-5-9-10-8(6-18-9)13-12(17)14-10/h2,7-10H,1,3-6H2,(H,15,16)(H2,13,14,17)/t7?,8-,9-,10-/m0/s1. The molecule has 2 rings (SSSR count). The smallest absolute Gasteiger partial charge is 0.315 e. The molecule has 1 unspecified atom stereocenters. The molecule has 100 valence electrons. The number of nitrogens with one attached hydrogen (secondary N) is 2. The number of carbonyl (C=O) groups is 2. The minimum absolute atomic E-state index is 0.0789. The van der Waals surface area contributed by atoms with Gasteiger partial charge in [-0.3, -0.25) is 4.79 Å². The summed E-state index contributed by atoms with van der Waals surface area (Å²) in [7, 11) is 0. The van der Waals surface area contributed by atoms with Gasteiger partial charge >= 0.3 is 12.0 Å². The van der Waals surface area contributed by atoms with Crippen LogP contribution in [0, 0.1) is 5.92 Å². The maximum atomic E-state index is 11.2. The highest BCUT2D eigenvalue weighted by Gasteiger charge is 2.42. The molecule has 0 radical (unpaired) electrons. The third kappa shape index (κ3) is 2.80. The highest BCUT2D eigenvalue weighted by Crippen LogP contribution is 2.33. The molecule has 2 heterocycles. The van der Waals surface area contributed by atoms with Crippen LogP contribution >= 0.6 is 11.8 Å². The number of fused-ring (bicyclic) bond motifs is 1. The molecule has 0 aliphatic carbocycles. The molecule has 3 N–H and O–H groups in total. The summed E-state index contributed by atoms with van der Waals surface area (Å²) in [5.74, 6) is -0.320. The van der Waals surface area contributed by atoms with Crippen molar-refractivity contribution in [2.75, 3.05) is 5.75 Å². The summed E-state index contributed by atoms with van der Waals surface area (Å²) in [4.78, 5) is 22.0. The van der Waals surface area contributed by atoms with E-state index in [-0.39, 0.29) is 18.1 Å². The van der Waals surface area contributed by atoms with E-state index in [9.17, 15) is 9.59 Å². The van der Waals surface area contributed by atoms with E-state index in [1.165, 1.54) is 6.08 Å². The van der Waals surface area contributed by atoms with Crippen molar-refractivity contribution in [3.63, 3.8) is 0 Å². The summed E-state index contributed by atoms with van der Waals surface area (Å²) in [5.41, 5.74) is 0. The number of thioether (sulfide) groups is 1. The normalized spacial score (nSPS) is 31.3. The van der Waals surface area contributed by atoms with Crippen molar-refractivity contribution in [3.8, 4) is 0 Å². The van der Waals surface area contributed by atoms with Crippen molar-refractivity contribution in [2.45, 2.75) is 36.6 Å². The second-order valence-electron chi connectivity index (χ2n) is 4.73. The SMILES string of the molecule is C=CC(CCC[C@@H]1SC[C@@H]2NC(=O)N[C@@H]21)C(=O)O. The average molecular weight is 270 g/mol. The molecule has 0 saturated carbocycles. The summed E-state index contributed by atoms with van der Waals surface area (Å²) >= 11 is 1.85. The second kappa shape index (κ2) is 5.65. The van der Waals surface area contributed by atoms with Crippen LogP contribution in [0.3, 0.4) is 0 Å². The van der Waals surface area contributed by atoms with Crippen molar-refractivity contribution < 1.29 is 14.7 Å². The molecular weight excluding hydrogens is 252 g/mol. The van der Waals surface area contributed by atoms with E-state index in [0.717, 1.165) is 18.6 Å². The van der Waals surface area contributed by atoms with Crippen LogP contribution in [-0.2, 0) is 4.79 Å². The first-order valence-corrected chi connectivity index (χ1v) is 7.20. The van der Waals surface area contributed by atoms with Crippen molar-refractivity contribution in [3.05, 3.63) is 12.7 Å². The Balaban J connectivity index is 1.76. The molecule has 0 aromatic rings. The maximum absolute atomic E-state index is 11.2. The molecule has 2 aliphatic rings. The van der Waals surface area contributed by atoms with E-state index in [1.807, 2.05) is 11.8 Å². The van der Waals surface area contributed by atoms with E-state index < -0.39 is 11.9 Å². The molecule has 18 heavy (non-hydrogen) atoms. The minimum Gasteiger partial charge on any atom is -0.481 e. The van der Waals surface area contributed by atoms with Crippen molar-refractivity contribution in [1.82, 2.24) is 10.6 Å². The van der Waals surface area contributed by atoms with Gasteiger partial charge in [-0.2, -0.15) is 11.8 Å². The highest BCUT2D eigenvalue weighted by molar-refractivity contribution is 8.00. The van der Waals surface area contributed by atoms with Gasteiger partial charge in [0, 0.05) is 11.0 Å². The molecule has 2 amide bonds. The van der Waals surface area contributed by atoms with Gasteiger partial charge in [0.25, 0.3) is 0 Å². The van der Waals surface area contributed by atoms with Gasteiger partial charge in [-0.05, 0) is 12.8 Å². The fourth-order valence-corrected chi connectivity index (χ4v) is 4.07. The lowest BCUT2D eigenvalue weighted by Crippen LogP contribution is -2.36. The first-order valence-electron chi connectivity index (χ1n) is 6.16. The Labute approximate surface area is 110 Å². The molecule has 2 fully saturated rings. The number of hydrogen-bond acceptors (Lipinski definition) is 3. The molecule has 2 aliphatic heterocycles. The Morgan fingerprint density at radius 3 is 3.06 bits per heavy atom. The molecule has 0 spiro atoms. The maximum Gasteiger partial charge on any atom is 0.315 e. The molecule has 5 nitrogen and oxygen atoms in total. The van der Waals surface area contributed by atoms with Crippen molar-refractivity contribution in [2.24, 2.45) is 5.92 Å². The van der Waals surface area contributed by atoms with Crippen LogP contribution in [0.15, 0.2) is 12.7 Å². The van der Waals surface area contributed by atoms with Gasteiger partial charge in [-0.15, -0.1) is 6.58 Å². The molecule has 6 heteroatoms. The van der Waals surface area contributed by atoms with E-state index >= 15 is 0 Å².